The third-order valence-electron chi connectivity index (χ3n) is 5.46. The van der Waals surface area contributed by atoms with Crippen molar-refractivity contribution in [3.8, 4) is 28.3 Å². The lowest BCUT2D eigenvalue weighted by molar-refractivity contribution is 0.0947. The maximum Gasteiger partial charge on any atom is 0.279 e. The van der Waals surface area contributed by atoms with Gasteiger partial charge in [-0.2, -0.15) is 4.98 Å². The van der Waals surface area contributed by atoms with Crippen LogP contribution in [0.5, 0.6) is 16.7 Å². The fraction of sp³-hybridized carbons (Fsp3) is 0.269. The molecule has 37 heavy (non-hydrogen) atoms. The van der Waals surface area contributed by atoms with E-state index < -0.39 is 0 Å². The highest BCUT2D eigenvalue weighted by Gasteiger charge is 2.22. The van der Waals surface area contributed by atoms with Gasteiger partial charge in [-0.3, -0.25) is 9.78 Å². The third-order valence-corrected chi connectivity index (χ3v) is 6.60. The number of amides is 1. The van der Waals surface area contributed by atoms with Gasteiger partial charge in [-0.05, 0) is 62.9 Å². The molecule has 0 unspecified atom stereocenters. The SMILES string of the molecule is Cc1noc(-c2cc(C(=O)N[C@@H](C)C=Cc3cnc(Oc4ccc(OCC5CC5)cc4Cl)s3)ccn2)n1. The van der Waals surface area contributed by atoms with Crippen molar-refractivity contribution >= 4 is 34.9 Å². The van der Waals surface area contributed by atoms with E-state index in [4.69, 9.17) is 25.6 Å². The van der Waals surface area contributed by atoms with Gasteiger partial charge in [-0.15, -0.1) is 0 Å². The number of pyridine rings is 1. The molecule has 0 spiro atoms. The summed E-state index contributed by atoms with van der Waals surface area (Å²) in [7, 11) is 0. The molecular weight excluding hydrogens is 514 g/mol. The van der Waals surface area contributed by atoms with Crippen LogP contribution in [0.15, 0.2) is 53.3 Å². The Kier molecular flexibility index (Phi) is 7.47. The highest BCUT2D eigenvalue weighted by molar-refractivity contribution is 7.14. The third kappa shape index (κ3) is 6.72. The lowest BCUT2D eigenvalue weighted by atomic mass is 10.2. The Morgan fingerprint density at radius 1 is 1.30 bits per heavy atom. The molecule has 1 fully saturated rings. The minimum atomic E-state index is -0.246. The summed E-state index contributed by atoms with van der Waals surface area (Å²) in [4.78, 5) is 26.2. The van der Waals surface area contributed by atoms with Gasteiger partial charge in [0.25, 0.3) is 17.0 Å². The minimum absolute atomic E-state index is 0.237. The van der Waals surface area contributed by atoms with E-state index in [1.165, 1.54) is 30.4 Å². The molecule has 1 saturated carbocycles. The number of carbonyl (C=O) groups excluding carboxylic acids is 1. The highest BCUT2D eigenvalue weighted by Crippen LogP contribution is 2.35. The van der Waals surface area contributed by atoms with E-state index in [1.807, 2.05) is 25.1 Å². The fourth-order valence-electron chi connectivity index (χ4n) is 3.31. The van der Waals surface area contributed by atoms with Crippen LogP contribution in [-0.2, 0) is 0 Å². The van der Waals surface area contributed by atoms with Gasteiger partial charge in [0, 0.05) is 30.1 Å². The molecule has 3 aromatic heterocycles. The summed E-state index contributed by atoms with van der Waals surface area (Å²) >= 11 is 7.73. The number of ether oxygens (including phenoxy) is 2. The van der Waals surface area contributed by atoms with Crippen molar-refractivity contribution in [1.29, 1.82) is 0 Å². The first-order valence-electron chi connectivity index (χ1n) is 11.7. The number of hydrogen-bond acceptors (Lipinski definition) is 9. The number of hydrogen-bond donors (Lipinski definition) is 1. The second kappa shape index (κ2) is 11.1. The van der Waals surface area contributed by atoms with Gasteiger partial charge in [0.15, 0.2) is 5.82 Å². The lowest BCUT2D eigenvalue weighted by Crippen LogP contribution is -2.31. The van der Waals surface area contributed by atoms with E-state index in [0.29, 0.717) is 39.0 Å². The number of nitrogens with one attached hydrogen (secondary N) is 1. The number of halogens is 1. The molecule has 1 aliphatic carbocycles. The van der Waals surface area contributed by atoms with Crippen LogP contribution in [0.3, 0.4) is 0 Å². The summed E-state index contributed by atoms with van der Waals surface area (Å²) in [5.41, 5.74) is 0.879. The minimum Gasteiger partial charge on any atom is -0.493 e. The van der Waals surface area contributed by atoms with E-state index in [1.54, 1.807) is 37.4 Å². The molecule has 0 bridgehead atoms. The average molecular weight is 538 g/mol. The smallest absolute Gasteiger partial charge is 0.279 e. The molecule has 0 radical (unpaired) electrons. The van der Waals surface area contributed by atoms with Gasteiger partial charge in [0.2, 0.25) is 0 Å². The second-order valence-corrected chi connectivity index (χ2v) is 10.1. The number of nitrogens with zero attached hydrogens (tertiary/aromatic N) is 4. The number of thiazole rings is 1. The number of aromatic nitrogens is 4. The first-order chi connectivity index (χ1) is 17.9. The van der Waals surface area contributed by atoms with E-state index >= 15 is 0 Å². The van der Waals surface area contributed by atoms with Crippen molar-refractivity contribution in [3.05, 3.63) is 70.1 Å². The monoisotopic (exact) mass is 537 g/mol. The molecule has 1 aromatic carbocycles. The van der Waals surface area contributed by atoms with Gasteiger partial charge in [-0.25, -0.2) is 4.98 Å². The van der Waals surface area contributed by atoms with E-state index in [-0.39, 0.29) is 17.8 Å². The topological polar surface area (TPSA) is 112 Å². The average Bonchev–Trinajstić information content (AvgIpc) is 3.45. The zero-order chi connectivity index (χ0) is 25.8. The quantitative estimate of drug-likeness (QED) is 0.263. The lowest BCUT2D eigenvalue weighted by Gasteiger charge is -2.09. The summed E-state index contributed by atoms with van der Waals surface area (Å²) in [5.74, 6) is 2.43. The van der Waals surface area contributed by atoms with Crippen LogP contribution in [0.4, 0.5) is 0 Å². The molecular formula is C26H24ClN5O4S. The molecule has 1 N–H and O–H groups in total. The zero-order valence-electron chi connectivity index (χ0n) is 20.2. The molecule has 3 heterocycles. The Labute approximate surface area is 222 Å². The van der Waals surface area contributed by atoms with Crippen LogP contribution >= 0.6 is 22.9 Å². The molecule has 190 valence electrons. The highest BCUT2D eigenvalue weighted by atomic mass is 35.5. The van der Waals surface area contributed by atoms with Gasteiger partial charge in [-0.1, -0.05) is 34.2 Å². The summed E-state index contributed by atoms with van der Waals surface area (Å²) in [5, 5.41) is 7.62. The largest absolute Gasteiger partial charge is 0.493 e. The number of carbonyl (C=O) groups is 1. The van der Waals surface area contributed by atoms with Crippen LogP contribution in [0.1, 0.15) is 40.8 Å². The Morgan fingerprint density at radius 3 is 2.92 bits per heavy atom. The molecule has 4 aromatic rings. The predicted octanol–water partition coefficient (Wildman–Crippen LogP) is 5.96. The van der Waals surface area contributed by atoms with Gasteiger partial charge in [0.05, 0.1) is 16.5 Å². The van der Waals surface area contributed by atoms with Crippen LogP contribution in [0, 0.1) is 12.8 Å². The number of aryl methyl sites for hydroxylation is 1. The van der Waals surface area contributed by atoms with Crippen LogP contribution in [-0.4, -0.2) is 38.7 Å². The number of rotatable bonds is 10. The van der Waals surface area contributed by atoms with E-state index in [0.717, 1.165) is 17.2 Å². The number of benzene rings is 1. The fourth-order valence-corrected chi connectivity index (χ4v) is 4.21. The van der Waals surface area contributed by atoms with Crippen LogP contribution in [0.2, 0.25) is 5.02 Å². The normalized spacial score (nSPS) is 14.0. The molecule has 11 heteroatoms. The summed E-state index contributed by atoms with van der Waals surface area (Å²) in [6, 6.07) is 8.39. The van der Waals surface area contributed by atoms with Gasteiger partial charge in [0.1, 0.15) is 17.2 Å². The van der Waals surface area contributed by atoms with Crippen molar-refractivity contribution in [1.82, 2.24) is 25.4 Å². The molecule has 5 rings (SSSR count). The molecule has 0 saturated heterocycles. The maximum atomic E-state index is 12.7. The van der Waals surface area contributed by atoms with Crippen molar-refractivity contribution in [3.63, 3.8) is 0 Å². The van der Waals surface area contributed by atoms with Crippen molar-refractivity contribution < 1.29 is 18.8 Å². The molecule has 1 aliphatic rings. The summed E-state index contributed by atoms with van der Waals surface area (Å²) in [6.45, 7) is 4.32. The van der Waals surface area contributed by atoms with E-state index in [2.05, 4.69) is 25.4 Å². The maximum absolute atomic E-state index is 12.7. The Morgan fingerprint density at radius 2 is 2.16 bits per heavy atom. The van der Waals surface area contributed by atoms with Gasteiger partial charge < -0.3 is 19.3 Å². The first-order valence-corrected chi connectivity index (χ1v) is 12.9. The second-order valence-electron chi connectivity index (χ2n) is 8.67. The Hall–Kier alpha value is -3.76. The Bertz CT molecular complexity index is 1430. The molecule has 0 aliphatic heterocycles. The first kappa shape index (κ1) is 24.9. The van der Waals surface area contributed by atoms with Crippen LogP contribution < -0.4 is 14.8 Å². The standard InChI is InChI=1S/C26H24ClN5O4S/c1-15(30-24(33)18-9-10-28-22(11-18)25-31-16(2)32-36-25)3-7-20-13-29-26(37-20)35-23-8-6-19(12-21(23)27)34-14-17-4-5-17/h3,6-13,15,17H,4-5,14H2,1-2H3,(H,30,33)/t15-/m0/s1. The van der Waals surface area contributed by atoms with Crippen molar-refractivity contribution in [2.75, 3.05) is 6.61 Å². The van der Waals surface area contributed by atoms with Crippen molar-refractivity contribution in [2.45, 2.75) is 32.7 Å². The zero-order valence-corrected chi connectivity index (χ0v) is 21.8. The van der Waals surface area contributed by atoms with Gasteiger partial charge >= 0.3 is 0 Å². The molecule has 9 nitrogen and oxygen atoms in total. The molecule has 1 atom stereocenters. The predicted molar refractivity (Wildman–Crippen MR) is 140 cm³/mol. The summed E-state index contributed by atoms with van der Waals surface area (Å²) in [6.07, 6.45) is 9.45. The Balaban J connectivity index is 1.15. The van der Waals surface area contributed by atoms with Crippen LogP contribution in [0.25, 0.3) is 17.7 Å². The summed E-state index contributed by atoms with van der Waals surface area (Å²) < 4.78 is 16.7. The van der Waals surface area contributed by atoms with E-state index in [9.17, 15) is 4.79 Å². The van der Waals surface area contributed by atoms with Crippen molar-refractivity contribution in [2.24, 2.45) is 5.92 Å². The molecule has 1 amide bonds.